The topological polar surface area (TPSA) is 66.7 Å². The van der Waals surface area contributed by atoms with E-state index in [9.17, 15) is 0 Å². The SMILES string of the molecule is CN=C(NCc1ccc(C)cc1OC)NCC(c1cnn(C)c1)N(C)C. The molecule has 0 fully saturated rings. The van der Waals surface area contributed by atoms with Gasteiger partial charge in [0.05, 0.1) is 19.3 Å². The molecule has 1 atom stereocenters. The van der Waals surface area contributed by atoms with E-state index in [1.807, 2.05) is 30.2 Å². The molecule has 0 saturated carbocycles. The third-order valence-electron chi connectivity index (χ3n) is 4.31. The van der Waals surface area contributed by atoms with Gasteiger partial charge in [-0.3, -0.25) is 9.67 Å². The van der Waals surface area contributed by atoms with E-state index in [0.29, 0.717) is 6.54 Å². The van der Waals surface area contributed by atoms with Gasteiger partial charge >= 0.3 is 0 Å². The van der Waals surface area contributed by atoms with Crippen LogP contribution in [0.3, 0.4) is 0 Å². The van der Waals surface area contributed by atoms with E-state index in [4.69, 9.17) is 4.74 Å². The Morgan fingerprint density at radius 3 is 2.69 bits per heavy atom. The van der Waals surface area contributed by atoms with E-state index < -0.39 is 0 Å². The molecule has 0 aliphatic heterocycles. The van der Waals surface area contributed by atoms with Gasteiger partial charge in [0.25, 0.3) is 0 Å². The van der Waals surface area contributed by atoms with Gasteiger partial charge in [-0.2, -0.15) is 5.10 Å². The van der Waals surface area contributed by atoms with Crippen molar-refractivity contribution in [2.24, 2.45) is 12.0 Å². The Morgan fingerprint density at radius 1 is 1.35 bits per heavy atom. The summed E-state index contributed by atoms with van der Waals surface area (Å²) in [5, 5.41) is 11.0. The van der Waals surface area contributed by atoms with E-state index in [2.05, 4.69) is 58.8 Å². The average Bonchev–Trinajstić information content (AvgIpc) is 3.04. The minimum Gasteiger partial charge on any atom is -0.496 e. The van der Waals surface area contributed by atoms with Crippen LogP contribution in [0.1, 0.15) is 22.7 Å². The predicted molar refractivity (Wildman–Crippen MR) is 106 cm³/mol. The molecule has 26 heavy (non-hydrogen) atoms. The second-order valence-electron chi connectivity index (χ2n) is 6.55. The van der Waals surface area contributed by atoms with Gasteiger partial charge in [-0.1, -0.05) is 12.1 Å². The number of aryl methyl sites for hydroxylation is 2. The minimum absolute atomic E-state index is 0.205. The van der Waals surface area contributed by atoms with Gasteiger partial charge in [0.15, 0.2) is 5.96 Å². The lowest BCUT2D eigenvalue weighted by molar-refractivity contribution is 0.298. The van der Waals surface area contributed by atoms with E-state index in [-0.39, 0.29) is 6.04 Å². The standard InChI is InChI=1S/C19H30N6O/c1-14-7-8-15(18(9-14)26-6)10-21-19(20-2)22-12-17(24(3)4)16-11-23-25(5)13-16/h7-9,11,13,17H,10,12H2,1-6H3,(H2,20,21,22). The zero-order valence-corrected chi connectivity index (χ0v) is 16.6. The highest BCUT2D eigenvalue weighted by molar-refractivity contribution is 5.79. The lowest BCUT2D eigenvalue weighted by Gasteiger charge is -2.24. The van der Waals surface area contributed by atoms with E-state index in [1.165, 1.54) is 11.1 Å². The molecule has 142 valence electrons. The van der Waals surface area contributed by atoms with Crippen molar-refractivity contribution in [1.82, 2.24) is 25.3 Å². The van der Waals surface area contributed by atoms with Gasteiger partial charge in [-0.15, -0.1) is 0 Å². The molecule has 0 aliphatic carbocycles. The molecule has 0 amide bonds. The molecule has 2 aromatic rings. The third kappa shape index (κ3) is 5.23. The Balaban J connectivity index is 1.97. The van der Waals surface area contributed by atoms with Gasteiger partial charge in [0.2, 0.25) is 0 Å². The van der Waals surface area contributed by atoms with Crippen LogP contribution in [0.2, 0.25) is 0 Å². The van der Waals surface area contributed by atoms with Crippen LogP contribution in [0.4, 0.5) is 0 Å². The van der Waals surface area contributed by atoms with Crippen molar-refractivity contribution >= 4 is 5.96 Å². The molecule has 0 spiro atoms. The number of aliphatic imine (C=N–C) groups is 1. The van der Waals surface area contributed by atoms with Crippen LogP contribution < -0.4 is 15.4 Å². The smallest absolute Gasteiger partial charge is 0.191 e. The summed E-state index contributed by atoms with van der Waals surface area (Å²) in [5.74, 6) is 1.64. The highest BCUT2D eigenvalue weighted by Crippen LogP contribution is 2.19. The first-order chi connectivity index (χ1) is 12.4. The van der Waals surface area contributed by atoms with Crippen LogP contribution in [0.15, 0.2) is 35.6 Å². The number of aromatic nitrogens is 2. The van der Waals surface area contributed by atoms with Gasteiger partial charge in [-0.25, -0.2) is 0 Å². The lowest BCUT2D eigenvalue weighted by Crippen LogP contribution is -2.41. The molecule has 0 aliphatic rings. The van der Waals surface area contributed by atoms with Crippen molar-refractivity contribution in [3.63, 3.8) is 0 Å². The number of hydrogen-bond donors (Lipinski definition) is 2. The Hall–Kier alpha value is -2.54. The summed E-state index contributed by atoms with van der Waals surface area (Å²) in [6.07, 6.45) is 3.94. The Kier molecular flexibility index (Phi) is 7.03. The number of methoxy groups -OCH3 is 1. The molecule has 1 aromatic carbocycles. The molecule has 0 radical (unpaired) electrons. The first kappa shape index (κ1) is 19.8. The summed E-state index contributed by atoms with van der Waals surface area (Å²) in [7, 11) is 9.52. The van der Waals surface area contributed by atoms with Crippen molar-refractivity contribution in [1.29, 1.82) is 0 Å². The summed E-state index contributed by atoms with van der Waals surface area (Å²) in [4.78, 5) is 6.49. The number of benzene rings is 1. The fraction of sp³-hybridized carbons (Fsp3) is 0.474. The molecule has 7 nitrogen and oxygen atoms in total. The van der Waals surface area contributed by atoms with Gasteiger partial charge in [0.1, 0.15) is 5.75 Å². The van der Waals surface area contributed by atoms with Crippen LogP contribution in [-0.4, -0.2) is 55.4 Å². The maximum Gasteiger partial charge on any atom is 0.191 e. The second kappa shape index (κ2) is 9.24. The molecule has 0 saturated heterocycles. The number of guanidine groups is 1. The second-order valence-corrected chi connectivity index (χ2v) is 6.55. The molecule has 2 rings (SSSR count). The monoisotopic (exact) mass is 358 g/mol. The lowest BCUT2D eigenvalue weighted by atomic mass is 10.1. The normalized spacial score (nSPS) is 13.0. The summed E-state index contributed by atoms with van der Waals surface area (Å²) in [6, 6.07) is 6.40. The molecule has 2 N–H and O–H groups in total. The zero-order chi connectivity index (χ0) is 19.1. The van der Waals surface area contributed by atoms with Gasteiger partial charge in [0, 0.05) is 44.5 Å². The first-order valence-corrected chi connectivity index (χ1v) is 8.67. The molecular weight excluding hydrogens is 328 g/mol. The van der Waals surface area contributed by atoms with Crippen LogP contribution in [0.5, 0.6) is 5.75 Å². The molecule has 1 unspecified atom stereocenters. The first-order valence-electron chi connectivity index (χ1n) is 8.67. The summed E-state index contributed by atoms with van der Waals surface area (Å²) < 4.78 is 7.29. The van der Waals surface area contributed by atoms with E-state index in [1.54, 1.807) is 14.2 Å². The van der Waals surface area contributed by atoms with Gasteiger partial charge < -0.3 is 20.3 Å². The van der Waals surface area contributed by atoms with Crippen molar-refractivity contribution in [2.45, 2.75) is 19.5 Å². The largest absolute Gasteiger partial charge is 0.496 e. The number of rotatable bonds is 7. The minimum atomic E-state index is 0.205. The molecule has 0 bridgehead atoms. The number of nitrogens with one attached hydrogen (secondary N) is 2. The van der Waals surface area contributed by atoms with Crippen LogP contribution in [0, 0.1) is 6.92 Å². The maximum atomic E-state index is 5.47. The number of ether oxygens (including phenoxy) is 1. The Bertz CT molecular complexity index is 737. The highest BCUT2D eigenvalue weighted by atomic mass is 16.5. The van der Waals surface area contributed by atoms with Crippen molar-refractivity contribution in [2.75, 3.05) is 34.8 Å². The van der Waals surface area contributed by atoms with Crippen molar-refractivity contribution in [3.8, 4) is 5.75 Å². The van der Waals surface area contributed by atoms with Crippen LogP contribution in [-0.2, 0) is 13.6 Å². The highest BCUT2D eigenvalue weighted by Gasteiger charge is 2.16. The number of nitrogens with zero attached hydrogens (tertiary/aromatic N) is 4. The quantitative estimate of drug-likeness (QED) is 0.583. The fourth-order valence-corrected chi connectivity index (χ4v) is 2.80. The predicted octanol–water partition coefficient (Wildman–Crippen LogP) is 1.71. The summed E-state index contributed by atoms with van der Waals surface area (Å²) in [6.45, 7) is 3.42. The zero-order valence-electron chi connectivity index (χ0n) is 16.6. The van der Waals surface area contributed by atoms with Crippen molar-refractivity contribution in [3.05, 3.63) is 47.3 Å². The maximum absolute atomic E-state index is 5.47. The Morgan fingerprint density at radius 2 is 2.12 bits per heavy atom. The Labute approximate surface area is 156 Å². The van der Waals surface area contributed by atoms with Crippen molar-refractivity contribution < 1.29 is 4.74 Å². The van der Waals surface area contributed by atoms with Gasteiger partial charge in [-0.05, 0) is 32.6 Å². The number of hydrogen-bond acceptors (Lipinski definition) is 4. The molecule has 1 heterocycles. The number of likely N-dealkylation sites (N-methyl/N-ethyl adjacent to an activating group) is 1. The average molecular weight is 358 g/mol. The van der Waals surface area contributed by atoms with Crippen LogP contribution in [0.25, 0.3) is 0 Å². The van der Waals surface area contributed by atoms with E-state index >= 15 is 0 Å². The molecular formula is C19H30N6O. The fourth-order valence-electron chi connectivity index (χ4n) is 2.80. The summed E-state index contributed by atoms with van der Waals surface area (Å²) >= 11 is 0. The summed E-state index contributed by atoms with van der Waals surface area (Å²) in [5.41, 5.74) is 3.44. The third-order valence-corrected chi connectivity index (χ3v) is 4.31. The molecule has 7 heteroatoms. The van der Waals surface area contributed by atoms with E-state index in [0.717, 1.165) is 23.8 Å². The van der Waals surface area contributed by atoms with Crippen LogP contribution >= 0.6 is 0 Å². The molecule has 1 aromatic heterocycles.